The average molecular weight is 359 g/mol. The highest BCUT2D eigenvalue weighted by atomic mass is 32.1. The first-order chi connectivity index (χ1) is 12.3. The molecule has 1 N–H and O–H groups in total. The molecule has 1 atom stereocenters. The van der Waals surface area contributed by atoms with Gasteiger partial charge in [0.1, 0.15) is 16.7 Å². The van der Waals surface area contributed by atoms with Crippen LogP contribution >= 0.6 is 11.3 Å². The molecule has 5 rings (SSSR count). The summed E-state index contributed by atoms with van der Waals surface area (Å²) in [7, 11) is 2.14. The molecule has 2 aromatic rings. The zero-order valence-corrected chi connectivity index (χ0v) is 15.6. The maximum absolute atomic E-state index is 4.53. The lowest BCUT2D eigenvalue weighted by atomic mass is 9.93. The number of nitrogens with zero attached hydrogens (tertiary/aromatic N) is 5. The third-order valence-electron chi connectivity index (χ3n) is 6.29. The van der Waals surface area contributed by atoms with Crippen LogP contribution in [0.4, 0.5) is 0 Å². The van der Waals surface area contributed by atoms with Crippen molar-refractivity contribution in [1.29, 1.82) is 0 Å². The van der Waals surface area contributed by atoms with Crippen molar-refractivity contribution in [2.24, 2.45) is 12.5 Å². The SMILES string of the molecule is Cn1c(CN(Cc2nccs2)C2CC23CCNCC3)nnc1C1CC1. The van der Waals surface area contributed by atoms with E-state index < -0.39 is 0 Å². The van der Waals surface area contributed by atoms with Gasteiger partial charge in [0.2, 0.25) is 0 Å². The molecule has 1 saturated heterocycles. The maximum Gasteiger partial charge on any atom is 0.146 e. The topological polar surface area (TPSA) is 58.9 Å². The molecule has 0 bridgehead atoms. The Balaban J connectivity index is 1.36. The minimum Gasteiger partial charge on any atom is -0.317 e. The van der Waals surface area contributed by atoms with E-state index in [2.05, 4.69) is 42.4 Å². The summed E-state index contributed by atoms with van der Waals surface area (Å²) in [6.07, 6.45) is 8.39. The molecule has 2 saturated carbocycles. The minimum atomic E-state index is 0.528. The zero-order chi connectivity index (χ0) is 16.9. The molecule has 0 aromatic carbocycles. The molecule has 3 heterocycles. The molecule has 7 heteroatoms. The third kappa shape index (κ3) is 3.02. The second-order valence-electron chi connectivity index (χ2n) is 7.97. The fourth-order valence-electron chi connectivity index (χ4n) is 4.48. The van der Waals surface area contributed by atoms with Gasteiger partial charge in [-0.2, -0.15) is 0 Å². The molecule has 25 heavy (non-hydrogen) atoms. The van der Waals surface area contributed by atoms with Crippen LogP contribution in [0.1, 0.15) is 54.7 Å². The van der Waals surface area contributed by atoms with Crippen LogP contribution in [-0.4, -0.2) is 43.8 Å². The van der Waals surface area contributed by atoms with E-state index in [4.69, 9.17) is 0 Å². The number of hydrogen-bond acceptors (Lipinski definition) is 6. The van der Waals surface area contributed by atoms with Crippen molar-refractivity contribution >= 4 is 11.3 Å². The van der Waals surface area contributed by atoms with E-state index in [1.54, 1.807) is 11.3 Å². The van der Waals surface area contributed by atoms with Gasteiger partial charge in [-0.1, -0.05) is 0 Å². The van der Waals surface area contributed by atoms with Crippen LogP contribution in [-0.2, 0) is 20.1 Å². The number of piperidine rings is 1. The Morgan fingerprint density at radius 1 is 1.28 bits per heavy atom. The lowest BCUT2D eigenvalue weighted by molar-refractivity contribution is 0.182. The average Bonchev–Trinajstić information content (AvgIpc) is 3.49. The van der Waals surface area contributed by atoms with Crippen molar-refractivity contribution in [2.45, 2.75) is 57.2 Å². The molecule has 2 aromatic heterocycles. The molecule has 0 amide bonds. The largest absolute Gasteiger partial charge is 0.317 e. The summed E-state index contributed by atoms with van der Waals surface area (Å²) >= 11 is 1.76. The summed E-state index contributed by atoms with van der Waals surface area (Å²) in [5.74, 6) is 2.93. The highest BCUT2D eigenvalue weighted by Gasteiger charge is 2.56. The molecule has 1 unspecified atom stereocenters. The first-order valence-corrected chi connectivity index (χ1v) is 10.3. The van der Waals surface area contributed by atoms with Crippen LogP contribution < -0.4 is 5.32 Å². The molecule has 134 valence electrons. The highest BCUT2D eigenvalue weighted by Crippen LogP contribution is 2.56. The molecule has 0 radical (unpaired) electrons. The van der Waals surface area contributed by atoms with Crippen LogP contribution in [0, 0.1) is 5.41 Å². The van der Waals surface area contributed by atoms with Crippen LogP contribution in [0.25, 0.3) is 0 Å². The number of rotatable bonds is 6. The van der Waals surface area contributed by atoms with E-state index in [-0.39, 0.29) is 0 Å². The van der Waals surface area contributed by atoms with E-state index in [1.165, 1.54) is 42.9 Å². The molecular weight excluding hydrogens is 332 g/mol. The maximum atomic E-state index is 4.53. The van der Waals surface area contributed by atoms with Gasteiger partial charge >= 0.3 is 0 Å². The normalized spacial score (nSPS) is 25.0. The molecule has 6 nitrogen and oxygen atoms in total. The lowest BCUT2D eigenvalue weighted by Gasteiger charge is -2.28. The number of aromatic nitrogens is 4. The van der Waals surface area contributed by atoms with Crippen molar-refractivity contribution in [3.8, 4) is 0 Å². The third-order valence-corrected chi connectivity index (χ3v) is 7.06. The summed E-state index contributed by atoms with van der Waals surface area (Å²) in [4.78, 5) is 7.14. The second kappa shape index (κ2) is 6.14. The number of hydrogen-bond donors (Lipinski definition) is 1. The van der Waals surface area contributed by atoms with E-state index in [1.807, 2.05) is 6.20 Å². The summed E-state index contributed by atoms with van der Waals surface area (Å²) in [6, 6.07) is 0.666. The van der Waals surface area contributed by atoms with Gasteiger partial charge in [-0.3, -0.25) is 4.90 Å². The van der Waals surface area contributed by atoms with Crippen LogP contribution in [0.15, 0.2) is 11.6 Å². The molecule has 3 aliphatic rings. The number of thiazole rings is 1. The molecular formula is C18H26N6S. The van der Waals surface area contributed by atoms with E-state index >= 15 is 0 Å². The van der Waals surface area contributed by atoms with E-state index in [0.29, 0.717) is 17.4 Å². The molecule has 3 fully saturated rings. The smallest absolute Gasteiger partial charge is 0.146 e. The lowest BCUT2D eigenvalue weighted by Crippen LogP contribution is -2.36. The predicted molar refractivity (Wildman–Crippen MR) is 97.3 cm³/mol. The Morgan fingerprint density at radius 3 is 2.84 bits per heavy atom. The molecule has 2 aliphatic carbocycles. The van der Waals surface area contributed by atoms with Crippen molar-refractivity contribution in [2.75, 3.05) is 13.1 Å². The Bertz CT molecular complexity index is 729. The van der Waals surface area contributed by atoms with Gasteiger partial charge in [-0.25, -0.2) is 4.98 Å². The Labute approximate surface area is 152 Å². The Morgan fingerprint density at radius 2 is 2.12 bits per heavy atom. The van der Waals surface area contributed by atoms with Crippen molar-refractivity contribution in [3.63, 3.8) is 0 Å². The predicted octanol–water partition coefficient (Wildman–Crippen LogP) is 2.29. The fourth-order valence-corrected chi connectivity index (χ4v) is 5.12. The standard InChI is InChI=1S/C18H26N6S/c1-23-15(21-22-17(23)13-2-3-13)11-24(12-16-20-8-9-25-16)14-10-18(14)4-6-19-7-5-18/h8-9,13-14,19H,2-7,10-12H2,1H3. The summed E-state index contributed by atoms with van der Waals surface area (Å²) < 4.78 is 2.24. The van der Waals surface area contributed by atoms with E-state index in [0.717, 1.165) is 32.0 Å². The van der Waals surface area contributed by atoms with Gasteiger partial charge in [-0.15, -0.1) is 21.5 Å². The van der Waals surface area contributed by atoms with E-state index in [9.17, 15) is 0 Å². The zero-order valence-electron chi connectivity index (χ0n) is 14.8. The van der Waals surface area contributed by atoms with Gasteiger partial charge in [-0.05, 0) is 50.6 Å². The van der Waals surface area contributed by atoms with Crippen molar-refractivity contribution in [3.05, 3.63) is 28.2 Å². The fraction of sp³-hybridized carbons (Fsp3) is 0.722. The summed E-state index contributed by atoms with van der Waals surface area (Å²) in [5, 5.41) is 15.8. The van der Waals surface area contributed by atoms with Gasteiger partial charge in [0.25, 0.3) is 0 Å². The van der Waals surface area contributed by atoms with Crippen LogP contribution in [0.2, 0.25) is 0 Å². The van der Waals surface area contributed by atoms with Gasteiger partial charge in [0, 0.05) is 30.6 Å². The minimum absolute atomic E-state index is 0.528. The van der Waals surface area contributed by atoms with Crippen LogP contribution in [0.3, 0.4) is 0 Å². The van der Waals surface area contributed by atoms with Crippen LogP contribution in [0.5, 0.6) is 0 Å². The Kier molecular flexibility index (Phi) is 3.91. The van der Waals surface area contributed by atoms with Crippen molar-refractivity contribution < 1.29 is 0 Å². The summed E-state index contributed by atoms with van der Waals surface area (Å²) in [5.41, 5.74) is 0.528. The molecule has 1 aliphatic heterocycles. The van der Waals surface area contributed by atoms with Crippen molar-refractivity contribution in [1.82, 2.24) is 30.0 Å². The second-order valence-corrected chi connectivity index (χ2v) is 8.95. The van der Waals surface area contributed by atoms with Gasteiger partial charge in [0.15, 0.2) is 0 Å². The Hall–Kier alpha value is -1.31. The quantitative estimate of drug-likeness (QED) is 0.859. The highest BCUT2D eigenvalue weighted by molar-refractivity contribution is 7.09. The first-order valence-electron chi connectivity index (χ1n) is 9.46. The van der Waals surface area contributed by atoms with Gasteiger partial charge in [0.05, 0.1) is 13.1 Å². The molecule has 1 spiro atoms. The van der Waals surface area contributed by atoms with Gasteiger partial charge < -0.3 is 9.88 Å². The monoisotopic (exact) mass is 358 g/mol. The summed E-state index contributed by atoms with van der Waals surface area (Å²) in [6.45, 7) is 4.15. The first kappa shape index (κ1) is 15.9. The number of nitrogens with one attached hydrogen (secondary N) is 1.